The van der Waals surface area contributed by atoms with Gasteiger partial charge in [0.2, 0.25) is 0 Å². The molecule has 0 aliphatic carbocycles. The van der Waals surface area contributed by atoms with Crippen LogP contribution in [-0.2, 0) is 0 Å². The highest BCUT2D eigenvalue weighted by molar-refractivity contribution is 7.09. The second-order valence-corrected chi connectivity index (χ2v) is 5.05. The van der Waals surface area contributed by atoms with Crippen LogP contribution in [0.2, 0.25) is 0 Å². The Bertz CT molecular complexity index is 371. The smallest absolute Gasteiger partial charge is 0.273 e. The first kappa shape index (κ1) is 11.5. The van der Waals surface area contributed by atoms with Crippen molar-refractivity contribution in [3.63, 3.8) is 0 Å². The zero-order valence-corrected chi connectivity index (χ0v) is 10.5. The summed E-state index contributed by atoms with van der Waals surface area (Å²) in [7, 11) is 0. The Balaban J connectivity index is 2.11. The van der Waals surface area contributed by atoms with Crippen LogP contribution in [0.4, 0.5) is 0 Å². The van der Waals surface area contributed by atoms with Gasteiger partial charge in [0.05, 0.1) is 5.01 Å². The highest BCUT2D eigenvalue weighted by atomic mass is 32.1. The van der Waals surface area contributed by atoms with E-state index in [1.54, 1.807) is 0 Å². The van der Waals surface area contributed by atoms with Crippen molar-refractivity contribution in [2.45, 2.75) is 26.3 Å². The van der Waals surface area contributed by atoms with Crippen molar-refractivity contribution in [3.05, 3.63) is 16.1 Å². The molecule has 0 saturated carbocycles. The second kappa shape index (κ2) is 4.93. The van der Waals surface area contributed by atoms with Crippen LogP contribution < -0.4 is 5.32 Å². The molecule has 1 N–H and O–H groups in total. The van der Waals surface area contributed by atoms with E-state index < -0.39 is 0 Å². The van der Waals surface area contributed by atoms with Gasteiger partial charge in [-0.1, -0.05) is 0 Å². The maximum atomic E-state index is 12.2. The number of thiazole rings is 1. The van der Waals surface area contributed by atoms with Crippen LogP contribution in [-0.4, -0.2) is 41.5 Å². The topological polar surface area (TPSA) is 45.2 Å². The predicted octanol–water partition coefficient (Wildman–Crippen LogP) is 1.28. The molecule has 5 heteroatoms. The van der Waals surface area contributed by atoms with E-state index in [4.69, 9.17) is 0 Å². The quantitative estimate of drug-likeness (QED) is 0.864. The molecule has 0 bridgehead atoms. The molecule has 1 saturated heterocycles. The third-order valence-electron chi connectivity index (χ3n) is 2.91. The number of carbonyl (C=O) groups excluding carboxylic acids is 1. The van der Waals surface area contributed by atoms with Crippen LogP contribution in [0.1, 0.15) is 28.8 Å². The third-order valence-corrected chi connectivity index (χ3v) is 3.69. The summed E-state index contributed by atoms with van der Waals surface area (Å²) >= 11 is 1.53. The molecule has 4 nitrogen and oxygen atoms in total. The Morgan fingerprint density at radius 2 is 2.56 bits per heavy atom. The first-order valence-electron chi connectivity index (χ1n) is 5.66. The maximum absolute atomic E-state index is 12.2. The molecule has 0 spiro atoms. The van der Waals surface area contributed by atoms with E-state index in [0.29, 0.717) is 11.7 Å². The molecule has 2 heterocycles. The van der Waals surface area contributed by atoms with Crippen LogP contribution in [0.15, 0.2) is 5.38 Å². The molecule has 1 aromatic rings. The van der Waals surface area contributed by atoms with Crippen LogP contribution in [0, 0.1) is 6.92 Å². The van der Waals surface area contributed by atoms with Crippen LogP contribution >= 0.6 is 11.3 Å². The lowest BCUT2D eigenvalue weighted by Gasteiger charge is -2.26. The van der Waals surface area contributed by atoms with Crippen LogP contribution in [0.3, 0.4) is 0 Å². The predicted molar refractivity (Wildman–Crippen MR) is 64.8 cm³/mol. The normalized spacial score (nSPS) is 20.0. The molecule has 1 aliphatic heterocycles. The molecule has 88 valence electrons. The van der Waals surface area contributed by atoms with Gasteiger partial charge >= 0.3 is 0 Å². The Labute approximate surface area is 99.7 Å². The van der Waals surface area contributed by atoms with Gasteiger partial charge in [0.1, 0.15) is 5.69 Å². The van der Waals surface area contributed by atoms with Crippen molar-refractivity contribution in [3.8, 4) is 0 Å². The number of rotatable bonds is 3. The number of carbonyl (C=O) groups is 1. The molecule has 1 amide bonds. The summed E-state index contributed by atoms with van der Waals surface area (Å²) in [6.45, 7) is 6.61. The number of likely N-dealkylation sites (N-methyl/N-ethyl adjacent to an activating group) is 1. The van der Waals surface area contributed by atoms with E-state index in [0.717, 1.165) is 31.1 Å². The van der Waals surface area contributed by atoms with Crippen molar-refractivity contribution in [1.29, 1.82) is 0 Å². The Hall–Kier alpha value is -0.940. The first-order chi connectivity index (χ1) is 7.72. The SMILES string of the molecule is CCN(C(=O)c1csc(C)n1)C1CCNC1. The van der Waals surface area contributed by atoms with Gasteiger partial charge in [-0.15, -0.1) is 11.3 Å². The van der Waals surface area contributed by atoms with E-state index >= 15 is 0 Å². The molecule has 1 aliphatic rings. The van der Waals surface area contributed by atoms with Crippen molar-refractivity contribution < 1.29 is 4.79 Å². The zero-order valence-electron chi connectivity index (χ0n) is 9.69. The Kier molecular flexibility index (Phi) is 3.56. The standard InChI is InChI=1S/C11H17N3OS/c1-3-14(9-4-5-12-6-9)11(15)10-7-16-8(2)13-10/h7,9,12H,3-6H2,1-2H3. The minimum atomic E-state index is 0.0700. The number of nitrogens with zero attached hydrogens (tertiary/aromatic N) is 2. The lowest BCUT2D eigenvalue weighted by Crippen LogP contribution is -2.41. The molecule has 16 heavy (non-hydrogen) atoms. The fraction of sp³-hybridized carbons (Fsp3) is 0.636. The Morgan fingerprint density at radius 1 is 1.75 bits per heavy atom. The van der Waals surface area contributed by atoms with Crippen molar-refractivity contribution in [1.82, 2.24) is 15.2 Å². The molecular formula is C11H17N3OS. The molecule has 1 aromatic heterocycles. The number of amides is 1. The molecule has 0 aromatic carbocycles. The van der Waals surface area contributed by atoms with E-state index in [1.807, 2.05) is 24.1 Å². The molecule has 1 unspecified atom stereocenters. The first-order valence-corrected chi connectivity index (χ1v) is 6.54. The summed E-state index contributed by atoms with van der Waals surface area (Å²) in [6.07, 6.45) is 1.04. The van der Waals surface area contributed by atoms with Gasteiger partial charge < -0.3 is 10.2 Å². The van der Waals surface area contributed by atoms with Gasteiger partial charge in [-0.25, -0.2) is 4.98 Å². The fourth-order valence-corrected chi connectivity index (χ4v) is 2.67. The highest BCUT2D eigenvalue weighted by Gasteiger charge is 2.26. The van der Waals surface area contributed by atoms with Gasteiger partial charge in [-0.3, -0.25) is 4.79 Å². The van der Waals surface area contributed by atoms with Gasteiger partial charge in [-0.2, -0.15) is 0 Å². The van der Waals surface area contributed by atoms with Gasteiger partial charge in [0.15, 0.2) is 0 Å². The van der Waals surface area contributed by atoms with E-state index in [9.17, 15) is 4.79 Å². The van der Waals surface area contributed by atoms with Gasteiger partial charge in [0, 0.05) is 24.5 Å². The zero-order chi connectivity index (χ0) is 11.5. The average molecular weight is 239 g/mol. The highest BCUT2D eigenvalue weighted by Crippen LogP contribution is 2.15. The van der Waals surface area contributed by atoms with Crippen molar-refractivity contribution in [2.24, 2.45) is 0 Å². The lowest BCUT2D eigenvalue weighted by molar-refractivity contribution is 0.0698. The number of aryl methyl sites for hydroxylation is 1. The summed E-state index contributed by atoms with van der Waals surface area (Å²) in [6, 6.07) is 0.333. The van der Waals surface area contributed by atoms with E-state index in [-0.39, 0.29) is 5.91 Å². The maximum Gasteiger partial charge on any atom is 0.273 e. The molecule has 1 atom stereocenters. The summed E-state index contributed by atoms with van der Waals surface area (Å²) < 4.78 is 0. The second-order valence-electron chi connectivity index (χ2n) is 3.99. The Morgan fingerprint density at radius 3 is 3.06 bits per heavy atom. The van der Waals surface area contributed by atoms with Crippen molar-refractivity contribution in [2.75, 3.05) is 19.6 Å². The number of hydrogen-bond acceptors (Lipinski definition) is 4. The largest absolute Gasteiger partial charge is 0.333 e. The monoisotopic (exact) mass is 239 g/mol. The minimum absolute atomic E-state index is 0.0700. The third kappa shape index (κ3) is 2.25. The lowest BCUT2D eigenvalue weighted by atomic mass is 10.2. The number of hydrogen-bond donors (Lipinski definition) is 1. The molecule has 2 rings (SSSR count). The molecule has 1 fully saturated rings. The van der Waals surface area contributed by atoms with Crippen LogP contribution in [0.25, 0.3) is 0 Å². The van der Waals surface area contributed by atoms with Crippen molar-refractivity contribution >= 4 is 17.2 Å². The summed E-state index contributed by atoms with van der Waals surface area (Å²) in [5, 5.41) is 6.08. The number of aromatic nitrogens is 1. The number of nitrogens with one attached hydrogen (secondary N) is 1. The van der Waals surface area contributed by atoms with Crippen LogP contribution in [0.5, 0.6) is 0 Å². The molecular weight excluding hydrogens is 222 g/mol. The van der Waals surface area contributed by atoms with E-state index in [2.05, 4.69) is 10.3 Å². The van der Waals surface area contributed by atoms with Gasteiger partial charge in [0.25, 0.3) is 5.91 Å². The van der Waals surface area contributed by atoms with E-state index in [1.165, 1.54) is 11.3 Å². The molecule has 0 radical (unpaired) electrons. The fourth-order valence-electron chi connectivity index (χ4n) is 2.08. The van der Waals surface area contributed by atoms with Gasteiger partial charge in [-0.05, 0) is 26.8 Å². The summed E-state index contributed by atoms with van der Waals surface area (Å²) in [4.78, 5) is 18.4. The minimum Gasteiger partial charge on any atom is -0.333 e. The average Bonchev–Trinajstić information content (AvgIpc) is 2.90. The summed E-state index contributed by atoms with van der Waals surface area (Å²) in [5.41, 5.74) is 0.594. The summed E-state index contributed by atoms with van der Waals surface area (Å²) in [5.74, 6) is 0.0700.